The summed E-state index contributed by atoms with van der Waals surface area (Å²) < 4.78 is 5.56. The van der Waals surface area contributed by atoms with Crippen LogP contribution in [0.25, 0.3) is 11.1 Å². The Kier molecular flexibility index (Phi) is 8.09. The van der Waals surface area contributed by atoms with Gasteiger partial charge in [-0.05, 0) is 41.0 Å². The molecule has 2 aromatic carbocycles. The SMILES string of the molecule is CCC(CNC(=O)C(CC(C)C)NC(=O)OCC1c2ccccc2-c2ccccc21)C(=O)O. The molecule has 0 saturated heterocycles. The Balaban J connectivity index is 1.63. The normalized spacial score (nSPS) is 14.2. The van der Waals surface area contributed by atoms with E-state index in [1.54, 1.807) is 6.92 Å². The fraction of sp³-hybridized carbons (Fsp3) is 0.423. The minimum absolute atomic E-state index is 0.0195. The van der Waals surface area contributed by atoms with Crippen LogP contribution >= 0.6 is 0 Å². The molecule has 0 heterocycles. The van der Waals surface area contributed by atoms with Crippen molar-refractivity contribution in [2.75, 3.05) is 13.2 Å². The number of rotatable bonds is 10. The first kappa shape index (κ1) is 24.3. The number of carboxylic acid groups (broad SMARTS) is 1. The van der Waals surface area contributed by atoms with Crippen LogP contribution < -0.4 is 10.6 Å². The van der Waals surface area contributed by atoms with E-state index in [9.17, 15) is 19.5 Å². The Morgan fingerprint density at radius 3 is 2.09 bits per heavy atom. The summed E-state index contributed by atoms with van der Waals surface area (Å²) in [6, 6.07) is 15.4. The molecule has 0 fully saturated rings. The van der Waals surface area contributed by atoms with Crippen molar-refractivity contribution in [3.8, 4) is 11.1 Å². The molecule has 0 saturated carbocycles. The van der Waals surface area contributed by atoms with Crippen LogP contribution in [0.5, 0.6) is 0 Å². The summed E-state index contributed by atoms with van der Waals surface area (Å²) >= 11 is 0. The summed E-state index contributed by atoms with van der Waals surface area (Å²) in [6.45, 7) is 5.83. The van der Waals surface area contributed by atoms with Crippen molar-refractivity contribution in [3.63, 3.8) is 0 Å². The van der Waals surface area contributed by atoms with Gasteiger partial charge in [-0.15, -0.1) is 0 Å². The van der Waals surface area contributed by atoms with Crippen molar-refractivity contribution in [2.45, 2.75) is 45.6 Å². The number of ether oxygens (including phenoxy) is 1. The molecule has 0 bridgehead atoms. The molecule has 7 heteroatoms. The fourth-order valence-corrected chi connectivity index (χ4v) is 4.24. The predicted octanol–water partition coefficient (Wildman–Crippen LogP) is 4.17. The monoisotopic (exact) mass is 452 g/mol. The fourth-order valence-electron chi connectivity index (χ4n) is 4.24. The number of carboxylic acids is 1. The number of carbonyl (C=O) groups is 3. The quantitative estimate of drug-likeness (QED) is 0.502. The zero-order valence-electron chi connectivity index (χ0n) is 19.3. The highest BCUT2D eigenvalue weighted by Crippen LogP contribution is 2.44. The highest BCUT2D eigenvalue weighted by molar-refractivity contribution is 5.86. The minimum Gasteiger partial charge on any atom is -0.481 e. The highest BCUT2D eigenvalue weighted by Gasteiger charge is 2.30. The van der Waals surface area contributed by atoms with Gasteiger partial charge in [-0.25, -0.2) is 4.79 Å². The van der Waals surface area contributed by atoms with Gasteiger partial charge in [0.15, 0.2) is 0 Å². The molecule has 7 nitrogen and oxygen atoms in total. The average Bonchev–Trinajstić information content (AvgIpc) is 3.11. The van der Waals surface area contributed by atoms with Crippen LogP contribution in [0.4, 0.5) is 4.79 Å². The van der Waals surface area contributed by atoms with Gasteiger partial charge < -0.3 is 20.5 Å². The molecule has 2 unspecified atom stereocenters. The molecule has 1 aliphatic rings. The molecule has 2 atom stereocenters. The van der Waals surface area contributed by atoms with Gasteiger partial charge in [0, 0.05) is 12.5 Å². The van der Waals surface area contributed by atoms with Crippen LogP contribution in [0.2, 0.25) is 0 Å². The number of nitrogens with one attached hydrogen (secondary N) is 2. The summed E-state index contributed by atoms with van der Waals surface area (Å²) in [4.78, 5) is 36.5. The summed E-state index contributed by atoms with van der Waals surface area (Å²) in [5.74, 6) is -1.94. The van der Waals surface area contributed by atoms with E-state index in [1.165, 1.54) is 0 Å². The van der Waals surface area contributed by atoms with Crippen LogP contribution in [0, 0.1) is 11.8 Å². The predicted molar refractivity (Wildman–Crippen MR) is 126 cm³/mol. The van der Waals surface area contributed by atoms with Crippen molar-refractivity contribution < 1.29 is 24.2 Å². The van der Waals surface area contributed by atoms with Gasteiger partial charge in [-0.1, -0.05) is 69.3 Å². The smallest absolute Gasteiger partial charge is 0.407 e. The highest BCUT2D eigenvalue weighted by atomic mass is 16.5. The number of amides is 2. The second-order valence-corrected chi connectivity index (χ2v) is 8.84. The summed E-state index contributed by atoms with van der Waals surface area (Å²) in [7, 11) is 0. The van der Waals surface area contributed by atoms with Crippen molar-refractivity contribution in [1.82, 2.24) is 10.6 Å². The second kappa shape index (κ2) is 11.0. The Morgan fingerprint density at radius 1 is 1.00 bits per heavy atom. The molecule has 1 aliphatic carbocycles. The molecule has 2 aromatic rings. The number of aliphatic carboxylic acids is 1. The molecular formula is C26H32N2O5. The van der Waals surface area contributed by atoms with E-state index in [2.05, 4.69) is 22.8 Å². The molecule has 0 aromatic heterocycles. The van der Waals surface area contributed by atoms with Crippen molar-refractivity contribution in [2.24, 2.45) is 11.8 Å². The number of hydrogen-bond donors (Lipinski definition) is 3. The first-order valence-electron chi connectivity index (χ1n) is 11.4. The Hall–Kier alpha value is -3.35. The number of fused-ring (bicyclic) bond motifs is 3. The van der Waals surface area contributed by atoms with Gasteiger partial charge in [0.05, 0.1) is 5.92 Å². The van der Waals surface area contributed by atoms with E-state index >= 15 is 0 Å². The van der Waals surface area contributed by atoms with Crippen molar-refractivity contribution in [3.05, 3.63) is 59.7 Å². The molecule has 33 heavy (non-hydrogen) atoms. The van der Waals surface area contributed by atoms with Gasteiger partial charge >= 0.3 is 12.1 Å². The molecule has 2 amide bonds. The van der Waals surface area contributed by atoms with Crippen molar-refractivity contribution >= 4 is 18.0 Å². The Bertz CT molecular complexity index is 958. The maximum absolute atomic E-state index is 12.7. The van der Waals surface area contributed by atoms with E-state index in [1.807, 2.05) is 50.2 Å². The minimum atomic E-state index is -0.956. The third-order valence-electron chi connectivity index (χ3n) is 6.02. The summed E-state index contributed by atoms with van der Waals surface area (Å²) in [5, 5.41) is 14.5. The van der Waals surface area contributed by atoms with Crippen LogP contribution in [-0.2, 0) is 14.3 Å². The van der Waals surface area contributed by atoms with Crippen LogP contribution in [0.1, 0.15) is 50.7 Å². The third-order valence-corrected chi connectivity index (χ3v) is 6.02. The molecular weight excluding hydrogens is 420 g/mol. The third kappa shape index (κ3) is 5.92. The number of alkyl carbamates (subject to hydrolysis) is 1. The van der Waals surface area contributed by atoms with Gasteiger partial charge in [0.2, 0.25) is 5.91 Å². The molecule has 3 rings (SSSR count). The average molecular weight is 453 g/mol. The van der Waals surface area contributed by atoms with E-state index in [0.717, 1.165) is 22.3 Å². The van der Waals surface area contributed by atoms with E-state index < -0.39 is 29.9 Å². The number of carbonyl (C=O) groups excluding carboxylic acids is 2. The van der Waals surface area contributed by atoms with Crippen LogP contribution in [0.15, 0.2) is 48.5 Å². The summed E-state index contributed by atoms with van der Waals surface area (Å²) in [5.41, 5.74) is 4.51. The molecule has 3 N–H and O–H groups in total. The van der Waals surface area contributed by atoms with Crippen LogP contribution in [-0.4, -0.2) is 42.3 Å². The first-order valence-corrected chi connectivity index (χ1v) is 11.4. The topological polar surface area (TPSA) is 105 Å². The lowest BCUT2D eigenvalue weighted by molar-refractivity contribution is -0.141. The molecule has 176 valence electrons. The van der Waals surface area contributed by atoms with Gasteiger partial charge in [0.25, 0.3) is 0 Å². The molecule has 0 radical (unpaired) electrons. The Labute approximate surface area is 194 Å². The standard InChI is InChI=1S/C26H32N2O5/c1-4-17(25(30)31)14-27-24(29)23(13-16(2)3)28-26(32)33-15-22-20-11-7-5-9-18(20)19-10-6-8-12-21(19)22/h5-12,16-17,22-23H,4,13-15H2,1-3H3,(H,27,29)(H,28,32)(H,30,31). The van der Waals surface area contributed by atoms with Crippen LogP contribution in [0.3, 0.4) is 0 Å². The van der Waals surface area contributed by atoms with E-state index in [0.29, 0.717) is 12.8 Å². The maximum Gasteiger partial charge on any atom is 0.407 e. The zero-order chi connectivity index (χ0) is 24.0. The van der Waals surface area contributed by atoms with Gasteiger partial charge in [-0.3, -0.25) is 9.59 Å². The molecule has 0 spiro atoms. The maximum atomic E-state index is 12.7. The lowest BCUT2D eigenvalue weighted by atomic mass is 9.98. The largest absolute Gasteiger partial charge is 0.481 e. The number of benzene rings is 2. The van der Waals surface area contributed by atoms with Gasteiger partial charge in [0.1, 0.15) is 12.6 Å². The number of hydrogen-bond acceptors (Lipinski definition) is 4. The Morgan fingerprint density at radius 2 is 1.58 bits per heavy atom. The molecule has 0 aliphatic heterocycles. The second-order valence-electron chi connectivity index (χ2n) is 8.84. The lowest BCUT2D eigenvalue weighted by Gasteiger charge is -2.22. The van der Waals surface area contributed by atoms with Gasteiger partial charge in [-0.2, -0.15) is 0 Å². The lowest BCUT2D eigenvalue weighted by Crippen LogP contribution is -2.49. The van der Waals surface area contributed by atoms with E-state index in [-0.39, 0.29) is 25.0 Å². The zero-order valence-corrected chi connectivity index (χ0v) is 19.3. The van der Waals surface area contributed by atoms with Crippen molar-refractivity contribution in [1.29, 1.82) is 0 Å². The van der Waals surface area contributed by atoms with E-state index in [4.69, 9.17) is 4.74 Å². The first-order chi connectivity index (χ1) is 15.8. The summed E-state index contributed by atoms with van der Waals surface area (Å²) in [6.07, 6.45) is 0.160.